The Kier molecular flexibility index (Phi) is 5.33. The van der Waals surface area contributed by atoms with Crippen LogP contribution in [0.3, 0.4) is 0 Å². The normalized spacial score (nSPS) is 11.6. The molecule has 3 aromatic heterocycles. The minimum absolute atomic E-state index is 0.281. The van der Waals surface area contributed by atoms with Gasteiger partial charge in [-0.05, 0) is 79.9 Å². The topological polar surface area (TPSA) is 102 Å². The Hall–Kier alpha value is -4.11. The summed E-state index contributed by atoms with van der Waals surface area (Å²) < 4.78 is 30.3. The molecule has 2 aromatic carbocycles. The van der Waals surface area contributed by atoms with Gasteiger partial charge in [-0.15, -0.1) is 10.2 Å². The minimum Gasteiger partial charge on any atom is -0.280 e. The molecule has 0 spiro atoms. The van der Waals surface area contributed by atoms with Crippen LogP contribution in [0.2, 0.25) is 0 Å². The van der Waals surface area contributed by atoms with Crippen LogP contribution in [-0.2, 0) is 10.0 Å². The zero-order chi connectivity index (χ0) is 23.9. The largest absolute Gasteiger partial charge is 0.280 e. The first-order valence-electron chi connectivity index (χ1n) is 10.7. The number of pyridine rings is 1. The van der Waals surface area contributed by atoms with E-state index in [9.17, 15) is 8.42 Å². The van der Waals surface area contributed by atoms with E-state index in [0.29, 0.717) is 28.4 Å². The van der Waals surface area contributed by atoms with Crippen molar-refractivity contribution in [3.05, 3.63) is 89.7 Å². The molecule has 170 valence electrons. The van der Waals surface area contributed by atoms with Gasteiger partial charge in [-0.1, -0.05) is 18.2 Å². The second kappa shape index (κ2) is 8.35. The maximum atomic E-state index is 13.0. The number of nitrogens with one attached hydrogen (secondary N) is 1. The lowest BCUT2D eigenvalue weighted by Gasteiger charge is -2.13. The molecule has 9 heteroatoms. The van der Waals surface area contributed by atoms with Crippen LogP contribution < -0.4 is 4.72 Å². The zero-order valence-electron chi connectivity index (χ0n) is 18.9. The average Bonchev–Trinajstić information content (AvgIpc) is 3.25. The summed E-state index contributed by atoms with van der Waals surface area (Å²) in [7, 11) is -3.71. The molecule has 0 bridgehead atoms. The third-order valence-corrected chi connectivity index (χ3v) is 7.24. The summed E-state index contributed by atoms with van der Waals surface area (Å²) in [5.74, 6) is 0.618. The van der Waals surface area contributed by atoms with E-state index in [1.165, 1.54) is 0 Å². The molecule has 0 amide bonds. The molecule has 5 rings (SSSR count). The van der Waals surface area contributed by atoms with Gasteiger partial charge < -0.3 is 0 Å². The first-order valence-corrected chi connectivity index (χ1v) is 12.1. The fraction of sp³-hybridized carbons (Fsp3) is 0.120. The van der Waals surface area contributed by atoms with E-state index in [4.69, 9.17) is 5.10 Å². The molecule has 3 heterocycles. The molecular formula is C25H22N6O2S. The molecular weight excluding hydrogens is 448 g/mol. The van der Waals surface area contributed by atoms with E-state index in [1.807, 2.05) is 56.3 Å². The van der Waals surface area contributed by atoms with Gasteiger partial charge in [-0.2, -0.15) is 9.61 Å². The van der Waals surface area contributed by atoms with E-state index in [2.05, 4.69) is 19.9 Å². The number of fused-ring (bicyclic) bond motifs is 1. The molecule has 5 aromatic rings. The van der Waals surface area contributed by atoms with Crippen LogP contribution in [0.5, 0.6) is 0 Å². The Morgan fingerprint density at radius 2 is 1.47 bits per heavy atom. The number of hydrogen-bond donors (Lipinski definition) is 1. The van der Waals surface area contributed by atoms with Gasteiger partial charge in [0.15, 0.2) is 11.5 Å². The highest BCUT2D eigenvalue weighted by Crippen LogP contribution is 2.25. The molecule has 0 aliphatic rings. The number of hydrogen-bond acceptors (Lipinski definition) is 6. The maximum Gasteiger partial charge on any atom is 0.262 e. The first kappa shape index (κ1) is 21.7. The third kappa shape index (κ3) is 4.01. The van der Waals surface area contributed by atoms with Crippen LogP contribution >= 0.6 is 0 Å². The van der Waals surface area contributed by atoms with Gasteiger partial charge in [0.05, 0.1) is 10.6 Å². The molecule has 0 radical (unpaired) electrons. The lowest BCUT2D eigenvalue weighted by Crippen LogP contribution is -2.14. The Morgan fingerprint density at radius 3 is 2.21 bits per heavy atom. The van der Waals surface area contributed by atoms with Gasteiger partial charge in [0.1, 0.15) is 0 Å². The summed E-state index contributed by atoms with van der Waals surface area (Å²) in [6, 6.07) is 18.1. The Labute approximate surface area is 197 Å². The van der Waals surface area contributed by atoms with Crippen LogP contribution in [0, 0.1) is 20.8 Å². The lowest BCUT2D eigenvalue weighted by molar-refractivity contribution is 0.600. The van der Waals surface area contributed by atoms with E-state index in [1.54, 1.807) is 42.0 Å². The van der Waals surface area contributed by atoms with Gasteiger partial charge in [-0.25, -0.2) is 8.42 Å². The minimum atomic E-state index is -3.71. The summed E-state index contributed by atoms with van der Waals surface area (Å²) >= 11 is 0. The monoisotopic (exact) mass is 470 g/mol. The number of nitrogens with zero attached hydrogens (tertiary/aromatic N) is 5. The summed E-state index contributed by atoms with van der Waals surface area (Å²) in [5, 5.41) is 13.1. The number of aromatic nitrogens is 5. The fourth-order valence-corrected chi connectivity index (χ4v) is 5.14. The van der Waals surface area contributed by atoms with Gasteiger partial charge in [0.25, 0.3) is 10.0 Å². The second-order valence-corrected chi connectivity index (χ2v) is 9.78. The molecule has 1 N–H and O–H groups in total. The number of rotatable bonds is 5. The van der Waals surface area contributed by atoms with Crippen LogP contribution in [0.25, 0.3) is 28.3 Å². The van der Waals surface area contributed by atoms with Crippen molar-refractivity contribution < 1.29 is 8.42 Å². The van der Waals surface area contributed by atoms with E-state index in [0.717, 1.165) is 22.3 Å². The van der Waals surface area contributed by atoms with Gasteiger partial charge in [0.2, 0.25) is 0 Å². The molecule has 0 atom stereocenters. The fourth-order valence-electron chi connectivity index (χ4n) is 3.77. The van der Waals surface area contributed by atoms with Crippen molar-refractivity contribution in [3.63, 3.8) is 0 Å². The zero-order valence-corrected chi connectivity index (χ0v) is 19.7. The van der Waals surface area contributed by atoms with Gasteiger partial charge in [0, 0.05) is 29.2 Å². The molecule has 0 saturated heterocycles. The number of aryl methyl sites for hydroxylation is 3. The molecule has 34 heavy (non-hydrogen) atoms. The van der Waals surface area contributed by atoms with Crippen LogP contribution in [0.1, 0.15) is 16.7 Å². The van der Waals surface area contributed by atoms with Crippen LogP contribution in [0.4, 0.5) is 5.69 Å². The highest BCUT2D eigenvalue weighted by atomic mass is 32.2. The summed E-state index contributed by atoms with van der Waals surface area (Å²) in [5.41, 5.74) is 6.21. The van der Waals surface area contributed by atoms with Crippen molar-refractivity contribution in [1.82, 2.24) is 24.8 Å². The van der Waals surface area contributed by atoms with E-state index in [-0.39, 0.29) is 4.90 Å². The Morgan fingerprint density at radius 1 is 0.765 bits per heavy atom. The number of anilines is 1. The molecule has 0 fully saturated rings. The maximum absolute atomic E-state index is 13.0. The molecule has 0 unspecified atom stereocenters. The SMILES string of the molecule is Cc1cc(C)c(S(=O)(=O)Nc2ccc(-c3ccc4nnc(-c5ccncc5)n4n3)cc2)cc1C. The molecule has 0 aliphatic heterocycles. The Balaban J connectivity index is 1.44. The summed E-state index contributed by atoms with van der Waals surface area (Å²) in [6.45, 7) is 5.68. The number of benzene rings is 2. The highest BCUT2D eigenvalue weighted by Gasteiger charge is 2.18. The molecule has 0 saturated carbocycles. The third-order valence-electron chi connectivity index (χ3n) is 5.72. The number of sulfonamides is 1. The van der Waals surface area contributed by atoms with Crippen molar-refractivity contribution in [2.24, 2.45) is 0 Å². The summed E-state index contributed by atoms with van der Waals surface area (Å²) in [6.07, 6.45) is 3.39. The average molecular weight is 471 g/mol. The molecule has 8 nitrogen and oxygen atoms in total. The van der Waals surface area contributed by atoms with Crippen molar-refractivity contribution in [2.45, 2.75) is 25.7 Å². The lowest BCUT2D eigenvalue weighted by atomic mass is 10.1. The van der Waals surface area contributed by atoms with Crippen LogP contribution in [0.15, 0.2) is 78.0 Å². The predicted octanol–water partition coefficient (Wildman–Crippen LogP) is 4.58. The van der Waals surface area contributed by atoms with Crippen molar-refractivity contribution in [3.8, 4) is 22.6 Å². The van der Waals surface area contributed by atoms with Crippen LogP contribution in [-0.4, -0.2) is 33.2 Å². The Bertz CT molecular complexity index is 1610. The van der Waals surface area contributed by atoms with Crippen molar-refractivity contribution in [2.75, 3.05) is 4.72 Å². The molecule has 0 aliphatic carbocycles. The first-order chi connectivity index (χ1) is 16.3. The smallest absolute Gasteiger partial charge is 0.262 e. The second-order valence-electron chi connectivity index (χ2n) is 8.13. The van der Waals surface area contributed by atoms with E-state index < -0.39 is 10.0 Å². The van der Waals surface area contributed by atoms with E-state index >= 15 is 0 Å². The van der Waals surface area contributed by atoms with Crippen molar-refractivity contribution in [1.29, 1.82) is 0 Å². The quantitative estimate of drug-likeness (QED) is 0.403. The standard InChI is InChI=1S/C25H22N6O2S/c1-16-14-18(3)23(15-17(16)2)34(32,33)30-21-6-4-19(5-7-21)22-8-9-24-27-28-25(31(24)29-22)20-10-12-26-13-11-20/h4-15,30H,1-3H3. The predicted molar refractivity (Wildman–Crippen MR) is 131 cm³/mol. The van der Waals surface area contributed by atoms with Gasteiger partial charge in [-0.3, -0.25) is 9.71 Å². The van der Waals surface area contributed by atoms with Crippen molar-refractivity contribution >= 4 is 21.4 Å². The van der Waals surface area contributed by atoms with Gasteiger partial charge >= 0.3 is 0 Å². The summed E-state index contributed by atoms with van der Waals surface area (Å²) in [4.78, 5) is 4.32. The highest BCUT2D eigenvalue weighted by molar-refractivity contribution is 7.92.